The van der Waals surface area contributed by atoms with Gasteiger partial charge < -0.3 is 10.5 Å². The Kier molecular flexibility index (Phi) is 3.34. The molecule has 0 saturated carbocycles. The molecule has 0 aromatic heterocycles. The van der Waals surface area contributed by atoms with Gasteiger partial charge in [0.25, 0.3) is 0 Å². The van der Waals surface area contributed by atoms with Crippen LogP contribution in [0.4, 0.5) is 0 Å². The lowest BCUT2D eigenvalue weighted by Gasteiger charge is -2.11. The number of nitrogens with two attached hydrogens (primary N) is 1. The van der Waals surface area contributed by atoms with Gasteiger partial charge in [0.15, 0.2) is 0 Å². The highest BCUT2D eigenvalue weighted by Crippen LogP contribution is 2.25. The summed E-state index contributed by atoms with van der Waals surface area (Å²) in [6.45, 7) is 1.95. The van der Waals surface area contributed by atoms with Gasteiger partial charge in [0.1, 0.15) is 5.75 Å². The van der Waals surface area contributed by atoms with Crippen molar-refractivity contribution >= 4 is 22.6 Å². The third-order valence-electron chi connectivity index (χ3n) is 1.68. The Morgan fingerprint density at radius 1 is 1.50 bits per heavy atom. The van der Waals surface area contributed by atoms with E-state index in [1.54, 1.807) is 7.11 Å². The molecule has 0 aliphatic rings. The number of hydrogen-bond donors (Lipinski definition) is 1. The van der Waals surface area contributed by atoms with Crippen LogP contribution in [-0.4, -0.2) is 7.11 Å². The average molecular weight is 277 g/mol. The largest absolute Gasteiger partial charge is 0.496 e. The molecule has 0 aliphatic carbocycles. The normalized spacial score (nSPS) is 12.7. The summed E-state index contributed by atoms with van der Waals surface area (Å²) in [6.07, 6.45) is 0. The molecule has 0 amide bonds. The first-order valence-electron chi connectivity index (χ1n) is 3.74. The Morgan fingerprint density at radius 3 is 2.67 bits per heavy atom. The first-order valence-corrected chi connectivity index (χ1v) is 4.82. The van der Waals surface area contributed by atoms with Crippen LogP contribution in [0.3, 0.4) is 0 Å². The summed E-state index contributed by atoms with van der Waals surface area (Å²) < 4.78 is 6.36. The topological polar surface area (TPSA) is 35.2 Å². The molecule has 0 spiro atoms. The number of hydrogen-bond acceptors (Lipinski definition) is 2. The molecular weight excluding hydrogens is 265 g/mol. The van der Waals surface area contributed by atoms with Crippen molar-refractivity contribution in [3.05, 3.63) is 27.3 Å². The highest BCUT2D eigenvalue weighted by Gasteiger charge is 2.06. The highest BCUT2D eigenvalue weighted by molar-refractivity contribution is 14.1. The minimum atomic E-state index is 0.0228. The zero-order valence-corrected chi connectivity index (χ0v) is 9.33. The SMILES string of the molecule is COc1ccc(I)cc1[C@@H](C)N. The molecule has 1 atom stereocenters. The summed E-state index contributed by atoms with van der Waals surface area (Å²) in [5.74, 6) is 0.866. The lowest BCUT2D eigenvalue weighted by atomic mass is 10.1. The summed E-state index contributed by atoms with van der Waals surface area (Å²) in [6, 6.07) is 6.02. The van der Waals surface area contributed by atoms with Crippen molar-refractivity contribution in [2.24, 2.45) is 5.73 Å². The minimum absolute atomic E-state index is 0.0228. The van der Waals surface area contributed by atoms with Crippen molar-refractivity contribution in [1.29, 1.82) is 0 Å². The van der Waals surface area contributed by atoms with Gasteiger partial charge >= 0.3 is 0 Å². The Balaban J connectivity index is 3.12. The van der Waals surface area contributed by atoms with Gasteiger partial charge in [-0.1, -0.05) is 0 Å². The molecule has 0 unspecified atom stereocenters. The molecule has 66 valence electrons. The molecule has 0 bridgehead atoms. The van der Waals surface area contributed by atoms with E-state index >= 15 is 0 Å². The third kappa shape index (κ3) is 2.10. The fraction of sp³-hybridized carbons (Fsp3) is 0.333. The first kappa shape index (κ1) is 9.80. The van der Waals surface area contributed by atoms with Crippen LogP contribution >= 0.6 is 22.6 Å². The van der Waals surface area contributed by atoms with Crippen LogP contribution < -0.4 is 10.5 Å². The number of rotatable bonds is 2. The molecule has 0 heterocycles. The molecule has 2 N–H and O–H groups in total. The van der Waals surface area contributed by atoms with Gasteiger partial charge in [-0.25, -0.2) is 0 Å². The van der Waals surface area contributed by atoms with Gasteiger partial charge in [-0.05, 0) is 47.7 Å². The molecule has 1 aromatic carbocycles. The maximum atomic E-state index is 5.78. The lowest BCUT2D eigenvalue weighted by molar-refractivity contribution is 0.407. The van der Waals surface area contributed by atoms with Gasteiger partial charge in [0, 0.05) is 15.2 Å². The average Bonchev–Trinajstić information content (AvgIpc) is 2.04. The zero-order chi connectivity index (χ0) is 9.14. The monoisotopic (exact) mass is 277 g/mol. The lowest BCUT2D eigenvalue weighted by Crippen LogP contribution is -2.07. The van der Waals surface area contributed by atoms with Crippen molar-refractivity contribution in [1.82, 2.24) is 0 Å². The van der Waals surface area contributed by atoms with Crippen molar-refractivity contribution in [3.63, 3.8) is 0 Å². The van der Waals surface area contributed by atoms with E-state index in [9.17, 15) is 0 Å². The maximum absolute atomic E-state index is 5.78. The predicted molar refractivity (Wildman–Crippen MR) is 58.3 cm³/mol. The number of halogens is 1. The quantitative estimate of drug-likeness (QED) is 0.842. The van der Waals surface area contributed by atoms with E-state index in [2.05, 4.69) is 22.6 Å². The summed E-state index contributed by atoms with van der Waals surface area (Å²) in [5, 5.41) is 0. The first-order chi connectivity index (χ1) is 5.65. The van der Waals surface area contributed by atoms with Crippen molar-refractivity contribution in [2.45, 2.75) is 13.0 Å². The van der Waals surface area contributed by atoms with E-state index in [1.165, 1.54) is 3.57 Å². The second kappa shape index (κ2) is 4.09. The zero-order valence-electron chi connectivity index (χ0n) is 7.17. The summed E-state index contributed by atoms with van der Waals surface area (Å²) >= 11 is 2.26. The highest BCUT2D eigenvalue weighted by atomic mass is 127. The molecule has 12 heavy (non-hydrogen) atoms. The minimum Gasteiger partial charge on any atom is -0.496 e. The molecule has 1 rings (SSSR count). The van der Waals surface area contributed by atoms with Crippen molar-refractivity contribution in [2.75, 3.05) is 7.11 Å². The number of methoxy groups -OCH3 is 1. The van der Waals surface area contributed by atoms with E-state index in [0.29, 0.717) is 0 Å². The third-order valence-corrected chi connectivity index (χ3v) is 2.35. The number of benzene rings is 1. The molecule has 0 fully saturated rings. The predicted octanol–water partition coefficient (Wildman–Crippen LogP) is 2.32. The van der Waals surface area contributed by atoms with Gasteiger partial charge in [0.2, 0.25) is 0 Å². The molecule has 1 aromatic rings. The fourth-order valence-electron chi connectivity index (χ4n) is 1.06. The van der Waals surface area contributed by atoms with Crippen LogP contribution in [0, 0.1) is 3.57 Å². The van der Waals surface area contributed by atoms with Crippen LogP contribution in [0.2, 0.25) is 0 Å². The van der Waals surface area contributed by atoms with Crippen molar-refractivity contribution < 1.29 is 4.74 Å². The van der Waals surface area contributed by atoms with E-state index < -0.39 is 0 Å². The maximum Gasteiger partial charge on any atom is 0.123 e. The second-order valence-electron chi connectivity index (χ2n) is 2.67. The Hall–Kier alpha value is -0.290. The molecule has 2 nitrogen and oxygen atoms in total. The van der Waals surface area contributed by atoms with E-state index in [-0.39, 0.29) is 6.04 Å². The summed E-state index contributed by atoms with van der Waals surface area (Å²) in [7, 11) is 1.66. The standard InChI is InChI=1S/C9H12INO/c1-6(11)8-5-7(10)3-4-9(8)12-2/h3-6H,11H2,1-2H3/t6-/m1/s1. The summed E-state index contributed by atoms with van der Waals surface area (Å²) in [4.78, 5) is 0. The fourth-order valence-corrected chi connectivity index (χ4v) is 1.58. The molecular formula is C9H12INO. The molecule has 0 radical (unpaired) electrons. The Morgan fingerprint density at radius 2 is 2.17 bits per heavy atom. The van der Waals surface area contributed by atoms with E-state index in [4.69, 9.17) is 10.5 Å². The molecule has 0 aliphatic heterocycles. The molecule has 0 saturated heterocycles. The Labute approximate surface area is 86.2 Å². The van der Waals surface area contributed by atoms with Crippen LogP contribution in [-0.2, 0) is 0 Å². The van der Waals surface area contributed by atoms with Gasteiger partial charge in [0.05, 0.1) is 7.11 Å². The second-order valence-corrected chi connectivity index (χ2v) is 3.92. The smallest absolute Gasteiger partial charge is 0.123 e. The van der Waals surface area contributed by atoms with Crippen LogP contribution in [0.15, 0.2) is 18.2 Å². The van der Waals surface area contributed by atoms with Gasteiger partial charge in [-0.15, -0.1) is 0 Å². The Bertz CT molecular complexity index is 273. The number of ether oxygens (including phenoxy) is 1. The molecule has 3 heteroatoms. The van der Waals surface area contributed by atoms with E-state index in [0.717, 1.165) is 11.3 Å². The van der Waals surface area contributed by atoms with Gasteiger partial charge in [-0.2, -0.15) is 0 Å². The van der Waals surface area contributed by atoms with Crippen LogP contribution in [0.25, 0.3) is 0 Å². The van der Waals surface area contributed by atoms with E-state index in [1.807, 2.05) is 25.1 Å². The van der Waals surface area contributed by atoms with Gasteiger partial charge in [-0.3, -0.25) is 0 Å². The van der Waals surface area contributed by atoms with Crippen molar-refractivity contribution in [3.8, 4) is 5.75 Å². The van der Waals surface area contributed by atoms with Crippen LogP contribution in [0.1, 0.15) is 18.5 Å². The summed E-state index contributed by atoms with van der Waals surface area (Å²) in [5.41, 5.74) is 6.84. The van der Waals surface area contributed by atoms with Crippen LogP contribution in [0.5, 0.6) is 5.75 Å².